The van der Waals surface area contributed by atoms with Crippen LogP contribution < -0.4 is 10.1 Å². The number of nitrogens with one attached hydrogen (secondary N) is 1. The number of nitriles is 1. The summed E-state index contributed by atoms with van der Waals surface area (Å²) in [6, 6.07) is 8.78. The molecule has 0 aliphatic carbocycles. The summed E-state index contributed by atoms with van der Waals surface area (Å²) in [6.07, 6.45) is -0.00828. The van der Waals surface area contributed by atoms with Crippen molar-refractivity contribution < 1.29 is 19.1 Å². The Labute approximate surface area is 150 Å². The van der Waals surface area contributed by atoms with Crippen LogP contribution in [0.25, 0.3) is 0 Å². The molecule has 0 aliphatic rings. The lowest BCUT2D eigenvalue weighted by molar-refractivity contribution is 0.0605. The molecule has 0 unspecified atom stereocenters. The van der Waals surface area contributed by atoms with E-state index in [0.29, 0.717) is 26.8 Å². The summed E-state index contributed by atoms with van der Waals surface area (Å²) in [7, 11) is 1.27. The normalized spacial score (nSPS) is 10.2. The van der Waals surface area contributed by atoms with E-state index in [-0.39, 0.29) is 17.6 Å². The second kappa shape index (κ2) is 7.81. The highest BCUT2D eigenvalue weighted by Crippen LogP contribution is 2.33. The van der Waals surface area contributed by atoms with Crippen molar-refractivity contribution in [1.82, 2.24) is 0 Å². The quantitative estimate of drug-likeness (QED) is 0.822. The standard InChI is InChI=1S/C18H18N2O4S/c1-10(2)24-13-7-5-6-12(8-13)16(21)20-17-14(9-19)11(3)15(25-17)18(22)23-4/h5-8,10H,1-4H3,(H,20,21). The highest BCUT2D eigenvalue weighted by Gasteiger charge is 2.22. The highest BCUT2D eigenvalue weighted by atomic mass is 32.1. The molecule has 0 spiro atoms. The van der Waals surface area contributed by atoms with Crippen LogP contribution >= 0.6 is 11.3 Å². The molecule has 0 saturated heterocycles. The van der Waals surface area contributed by atoms with E-state index >= 15 is 0 Å². The SMILES string of the molecule is COC(=O)c1sc(NC(=O)c2cccc(OC(C)C)c2)c(C#N)c1C. The third-order valence-electron chi connectivity index (χ3n) is 3.32. The number of thiophene rings is 1. The number of benzene rings is 1. The molecule has 0 atom stereocenters. The molecule has 0 radical (unpaired) electrons. The van der Waals surface area contributed by atoms with Gasteiger partial charge in [0.1, 0.15) is 21.7 Å². The number of rotatable bonds is 5. The van der Waals surface area contributed by atoms with E-state index in [4.69, 9.17) is 9.47 Å². The van der Waals surface area contributed by atoms with Gasteiger partial charge in [-0.1, -0.05) is 6.07 Å². The predicted octanol–water partition coefficient (Wildman–Crippen LogP) is 3.75. The minimum Gasteiger partial charge on any atom is -0.491 e. The van der Waals surface area contributed by atoms with Gasteiger partial charge in [-0.2, -0.15) is 5.26 Å². The van der Waals surface area contributed by atoms with Crippen LogP contribution in [0, 0.1) is 18.3 Å². The van der Waals surface area contributed by atoms with Gasteiger partial charge in [-0.15, -0.1) is 11.3 Å². The van der Waals surface area contributed by atoms with Crippen LogP contribution in [0.2, 0.25) is 0 Å². The van der Waals surface area contributed by atoms with Crippen LogP contribution in [0.3, 0.4) is 0 Å². The van der Waals surface area contributed by atoms with Crippen molar-refractivity contribution in [2.24, 2.45) is 0 Å². The van der Waals surface area contributed by atoms with E-state index in [0.717, 1.165) is 11.3 Å². The van der Waals surface area contributed by atoms with Gasteiger partial charge in [-0.3, -0.25) is 4.79 Å². The number of hydrogen-bond acceptors (Lipinski definition) is 6. The van der Waals surface area contributed by atoms with Gasteiger partial charge in [0, 0.05) is 5.56 Å². The summed E-state index contributed by atoms with van der Waals surface area (Å²) < 4.78 is 10.3. The molecule has 7 heteroatoms. The number of carbonyl (C=O) groups is 2. The zero-order valence-corrected chi connectivity index (χ0v) is 15.2. The van der Waals surface area contributed by atoms with Gasteiger partial charge < -0.3 is 14.8 Å². The lowest BCUT2D eigenvalue weighted by atomic mass is 10.1. The number of nitrogens with zero attached hydrogens (tertiary/aromatic N) is 1. The first-order valence-corrected chi connectivity index (χ1v) is 8.38. The maximum atomic E-state index is 12.5. The van der Waals surface area contributed by atoms with E-state index in [9.17, 15) is 14.9 Å². The van der Waals surface area contributed by atoms with Crippen LogP contribution in [0.15, 0.2) is 24.3 Å². The Hall–Kier alpha value is -2.85. The third-order valence-corrected chi connectivity index (χ3v) is 4.51. The lowest BCUT2D eigenvalue weighted by Gasteiger charge is -2.10. The van der Waals surface area contributed by atoms with Gasteiger partial charge in [0.15, 0.2) is 0 Å². The molecular weight excluding hydrogens is 340 g/mol. The molecule has 0 aliphatic heterocycles. The Morgan fingerprint density at radius 1 is 1.32 bits per heavy atom. The van der Waals surface area contributed by atoms with Crippen LogP contribution in [-0.4, -0.2) is 25.1 Å². The van der Waals surface area contributed by atoms with Crippen molar-refractivity contribution in [2.45, 2.75) is 26.9 Å². The maximum Gasteiger partial charge on any atom is 0.348 e. The molecule has 1 heterocycles. The van der Waals surface area contributed by atoms with Crippen molar-refractivity contribution in [3.63, 3.8) is 0 Å². The second-order valence-electron chi connectivity index (χ2n) is 5.51. The summed E-state index contributed by atoms with van der Waals surface area (Å²) in [5.74, 6) is -0.337. The Morgan fingerprint density at radius 3 is 2.64 bits per heavy atom. The van der Waals surface area contributed by atoms with Gasteiger partial charge in [0.25, 0.3) is 5.91 Å². The van der Waals surface area contributed by atoms with Crippen molar-refractivity contribution >= 4 is 28.2 Å². The van der Waals surface area contributed by atoms with Crippen molar-refractivity contribution in [3.05, 3.63) is 45.8 Å². The molecule has 6 nitrogen and oxygen atoms in total. The molecule has 0 saturated carbocycles. The summed E-state index contributed by atoms with van der Waals surface area (Å²) in [6.45, 7) is 5.44. The largest absolute Gasteiger partial charge is 0.491 e. The number of anilines is 1. The van der Waals surface area contributed by atoms with Crippen LogP contribution in [0.1, 0.15) is 45.0 Å². The summed E-state index contributed by atoms with van der Waals surface area (Å²) >= 11 is 1.02. The zero-order valence-electron chi connectivity index (χ0n) is 14.4. The Kier molecular flexibility index (Phi) is 5.78. The van der Waals surface area contributed by atoms with E-state index in [1.54, 1.807) is 31.2 Å². The number of esters is 1. The Morgan fingerprint density at radius 2 is 2.04 bits per heavy atom. The Balaban J connectivity index is 2.29. The summed E-state index contributed by atoms with van der Waals surface area (Å²) in [4.78, 5) is 24.6. The van der Waals surface area contributed by atoms with Gasteiger partial charge in [-0.05, 0) is 44.5 Å². The van der Waals surface area contributed by atoms with E-state index in [2.05, 4.69) is 5.32 Å². The third kappa shape index (κ3) is 4.17. The van der Waals surface area contributed by atoms with E-state index < -0.39 is 5.97 Å². The molecule has 1 amide bonds. The first-order chi connectivity index (χ1) is 11.9. The lowest BCUT2D eigenvalue weighted by Crippen LogP contribution is -2.12. The molecule has 0 bridgehead atoms. The average Bonchev–Trinajstić information content (AvgIpc) is 2.89. The number of amides is 1. The monoisotopic (exact) mass is 358 g/mol. The Bertz CT molecular complexity index is 849. The molecule has 2 aromatic rings. The van der Waals surface area contributed by atoms with Crippen LogP contribution in [0.4, 0.5) is 5.00 Å². The average molecular weight is 358 g/mol. The van der Waals surface area contributed by atoms with Crippen molar-refractivity contribution in [3.8, 4) is 11.8 Å². The fraction of sp³-hybridized carbons (Fsp3) is 0.278. The molecule has 2 rings (SSSR count). The molecule has 1 aromatic heterocycles. The molecule has 130 valence electrons. The van der Waals surface area contributed by atoms with E-state index in [1.807, 2.05) is 19.9 Å². The minimum atomic E-state index is -0.535. The predicted molar refractivity (Wildman–Crippen MR) is 95.3 cm³/mol. The summed E-state index contributed by atoms with van der Waals surface area (Å²) in [5.41, 5.74) is 1.15. The van der Waals surface area contributed by atoms with E-state index in [1.165, 1.54) is 7.11 Å². The van der Waals surface area contributed by atoms with Gasteiger partial charge >= 0.3 is 5.97 Å². The second-order valence-corrected chi connectivity index (χ2v) is 6.53. The zero-order chi connectivity index (χ0) is 18.6. The molecular formula is C18H18N2O4S. The first-order valence-electron chi connectivity index (χ1n) is 7.57. The smallest absolute Gasteiger partial charge is 0.348 e. The van der Waals surface area contributed by atoms with Gasteiger partial charge in [0.2, 0.25) is 0 Å². The number of hydrogen-bond donors (Lipinski definition) is 1. The number of carbonyl (C=O) groups excluding carboxylic acids is 2. The van der Waals surface area contributed by atoms with Crippen molar-refractivity contribution in [2.75, 3.05) is 12.4 Å². The summed E-state index contributed by atoms with van der Waals surface area (Å²) in [5, 5.41) is 12.3. The van der Waals surface area contributed by atoms with Crippen LogP contribution in [-0.2, 0) is 4.74 Å². The maximum absolute atomic E-state index is 12.5. The first kappa shape index (κ1) is 18.5. The molecule has 1 N–H and O–H groups in total. The van der Waals surface area contributed by atoms with Crippen molar-refractivity contribution in [1.29, 1.82) is 5.26 Å². The van der Waals surface area contributed by atoms with Gasteiger partial charge in [0.05, 0.1) is 18.8 Å². The fourth-order valence-electron chi connectivity index (χ4n) is 2.18. The topological polar surface area (TPSA) is 88.4 Å². The number of methoxy groups -OCH3 is 1. The van der Waals surface area contributed by atoms with Gasteiger partial charge in [-0.25, -0.2) is 4.79 Å². The van der Waals surface area contributed by atoms with Crippen LogP contribution in [0.5, 0.6) is 5.75 Å². The fourth-order valence-corrected chi connectivity index (χ4v) is 3.25. The molecule has 0 fully saturated rings. The molecule has 1 aromatic carbocycles. The number of ether oxygens (including phenoxy) is 2. The molecule has 25 heavy (non-hydrogen) atoms. The highest BCUT2D eigenvalue weighted by molar-refractivity contribution is 7.18. The minimum absolute atomic E-state index is 0.00828.